The summed E-state index contributed by atoms with van der Waals surface area (Å²) in [6, 6.07) is 9.53. The third-order valence-corrected chi connectivity index (χ3v) is 7.38. The minimum Gasteiger partial charge on any atom is -0.481 e. The predicted molar refractivity (Wildman–Crippen MR) is 133 cm³/mol. The number of hydrogen-bond donors (Lipinski definition) is 2. The van der Waals surface area contributed by atoms with Gasteiger partial charge in [0.25, 0.3) is 15.9 Å². The molecule has 11 heteroatoms. The lowest BCUT2D eigenvalue weighted by molar-refractivity contribution is 0.0981. The van der Waals surface area contributed by atoms with E-state index in [1.807, 2.05) is 0 Å². The first-order valence-electron chi connectivity index (χ1n) is 11.1. The smallest absolute Gasteiger partial charge is 0.268 e. The number of nitrogen functional groups attached to an aromatic ring is 1. The van der Waals surface area contributed by atoms with Crippen LogP contribution in [0, 0.1) is 5.92 Å². The molecule has 1 aliphatic rings. The Hall–Kier alpha value is -3.73. The maximum Gasteiger partial charge on any atom is 0.268 e. The molecule has 0 aromatic carbocycles. The van der Waals surface area contributed by atoms with Crippen LogP contribution in [0.3, 0.4) is 0 Å². The number of carbonyl (C=O) groups excluding carboxylic acids is 1. The summed E-state index contributed by atoms with van der Waals surface area (Å²) in [5.74, 6) is 0.210. The van der Waals surface area contributed by atoms with Crippen molar-refractivity contribution < 1.29 is 17.9 Å². The van der Waals surface area contributed by atoms with Crippen molar-refractivity contribution in [1.29, 1.82) is 0 Å². The summed E-state index contributed by atoms with van der Waals surface area (Å²) in [5.41, 5.74) is 6.94. The highest BCUT2D eigenvalue weighted by atomic mass is 32.2. The minimum atomic E-state index is -4.25. The monoisotopic (exact) mass is 496 g/mol. The molecule has 35 heavy (non-hydrogen) atoms. The fourth-order valence-corrected chi connectivity index (χ4v) is 5.54. The highest BCUT2D eigenvalue weighted by Crippen LogP contribution is 2.38. The third-order valence-electron chi connectivity index (χ3n) is 6.00. The van der Waals surface area contributed by atoms with Gasteiger partial charge < -0.3 is 15.4 Å². The van der Waals surface area contributed by atoms with E-state index in [9.17, 15) is 13.2 Å². The minimum absolute atomic E-state index is 0.142. The van der Waals surface area contributed by atoms with Gasteiger partial charge in [0.1, 0.15) is 16.5 Å². The summed E-state index contributed by atoms with van der Waals surface area (Å²) >= 11 is 0. The molecule has 0 aliphatic carbocycles. The van der Waals surface area contributed by atoms with Crippen molar-refractivity contribution >= 4 is 27.6 Å². The number of nitrogens with zero attached hydrogens (tertiary/aromatic N) is 4. The molecule has 1 fully saturated rings. The molecule has 0 unspecified atom stereocenters. The summed E-state index contributed by atoms with van der Waals surface area (Å²) in [7, 11) is -2.72. The zero-order valence-corrected chi connectivity index (χ0v) is 20.8. The van der Waals surface area contributed by atoms with Gasteiger partial charge in [-0.2, -0.15) is 0 Å². The molecule has 0 radical (unpaired) electrons. The molecule has 0 saturated carbocycles. The van der Waals surface area contributed by atoms with Gasteiger partial charge in [-0.3, -0.25) is 4.79 Å². The Morgan fingerprint density at radius 2 is 1.97 bits per heavy atom. The van der Waals surface area contributed by atoms with Gasteiger partial charge in [-0.25, -0.2) is 28.1 Å². The predicted octanol–water partition coefficient (Wildman–Crippen LogP) is 2.87. The fourth-order valence-electron chi connectivity index (χ4n) is 4.49. The molecule has 1 aliphatic heterocycles. The van der Waals surface area contributed by atoms with Crippen LogP contribution in [0.4, 0.5) is 11.6 Å². The number of hydrogen-bond acceptors (Lipinski definition) is 9. The van der Waals surface area contributed by atoms with Crippen molar-refractivity contribution in [2.45, 2.75) is 37.6 Å². The summed E-state index contributed by atoms with van der Waals surface area (Å²) in [6.45, 7) is 6.96. The zero-order valence-electron chi connectivity index (χ0n) is 20.0. The summed E-state index contributed by atoms with van der Waals surface area (Å²) in [6.07, 6.45) is 3.89. The average Bonchev–Trinajstić information content (AvgIpc) is 3.10. The van der Waals surface area contributed by atoms with Crippen molar-refractivity contribution in [2.24, 2.45) is 5.92 Å². The quantitative estimate of drug-likeness (QED) is 0.527. The van der Waals surface area contributed by atoms with E-state index in [1.54, 1.807) is 30.5 Å². The van der Waals surface area contributed by atoms with E-state index in [0.717, 1.165) is 12.0 Å². The Kier molecular flexibility index (Phi) is 6.37. The largest absolute Gasteiger partial charge is 0.481 e. The van der Waals surface area contributed by atoms with Gasteiger partial charge >= 0.3 is 0 Å². The molecule has 184 valence electrons. The number of rotatable bonds is 6. The molecule has 1 saturated heterocycles. The van der Waals surface area contributed by atoms with Crippen molar-refractivity contribution in [3.05, 3.63) is 54.4 Å². The number of nitrogens with two attached hydrogens (primary N) is 1. The molecule has 0 bridgehead atoms. The Morgan fingerprint density at radius 1 is 1.20 bits per heavy atom. The SMILES string of the molecule is COc1cc(-c2ccc(C(=O)NS(=O)(=O)c3cccnc3N)c(N3C[C@@H](C)CC3(C)C)n2)ccn1. The molecule has 4 rings (SSSR count). The third kappa shape index (κ3) is 4.90. The Balaban J connectivity index is 1.78. The van der Waals surface area contributed by atoms with Crippen molar-refractivity contribution in [2.75, 3.05) is 24.3 Å². The standard InChI is InChI=1S/C24H28N6O4S/c1-15-13-24(2,3)30(14-15)22-17(7-8-18(28-22)16-9-11-26-20(12-16)34-4)23(31)29-35(32,33)19-6-5-10-27-21(19)25/h5-12,15H,13-14H2,1-4H3,(H2,25,27)(H,29,31)/t15-/m0/s1. The molecule has 0 spiro atoms. The number of methoxy groups -OCH3 is 1. The van der Waals surface area contributed by atoms with E-state index in [0.29, 0.717) is 29.9 Å². The van der Waals surface area contributed by atoms with Crippen LogP contribution in [-0.2, 0) is 10.0 Å². The molecule has 1 atom stereocenters. The van der Waals surface area contributed by atoms with Gasteiger partial charge in [0.15, 0.2) is 0 Å². The van der Waals surface area contributed by atoms with E-state index < -0.39 is 15.9 Å². The van der Waals surface area contributed by atoms with E-state index in [4.69, 9.17) is 15.5 Å². The van der Waals surface area contributed by atoms with Gasteiger partial charge in [-0.1, -0.05) is 6.92 Å². The Bertz CT molecular complexity index is 1380. The number of amides is 1. The van der Waals surface area contributed by atoms with Crippen molar-refractivity contribution in [3.63, 3.8) is 0 Å². The van der Waals surface area contributed by atoms with E-state index in [2.05, 4.69) is 40.4 Å². The van der Waals surface area contributed by atoms with Crippen LogP contribution in [0.1, 0.15) is 37.6 Å². The molecular weight excluding hydrogens is 468 g/mol. The number of pyridine rings is 3. The second kappa shape index (κ2) is 9.14. The number of ether oxygens (including phenoxy) is 1. The second-order valence-electron chi connectivity index (χ2n) is 9.21. The highest BCUT2D eigenvalue weighted by molar-refractivity contribution is 7.90. The van der Waals surface area contributed by atoms with Gasteiger partial charge in [-0.15, -0.1) is 0 Å². The first-order valence-corrected chi connectivity index (χ1v) is 12.6. The van der Waals surface area contributed by atoms with Crippen molar-refractivity contribution in [1.82, 2.24) is 19.7 Å². The normalized spacial score (nSPS) is 17.3. The van der Waals surface area contributed by atoms with E-state index in [1.165, 1.54) is 25.4 Å². The fraction of sp³-hybridized carbons (Fsp3) is 0.333. The van der Waals surface area contributed by atoms with E-state index >= 15 is 0 Å². The number of carbonyl (C=O) groups is 1. The number of nitrogens with one attached hydrogen (secondary N) is 1. The summed E-state index contributed by atoms with van der Waals surface area (Å²) in [4.78, 5) is 27.9. The maximum atomic E-state index is 13.3. The Morgan fingerprint density at radius 3 is 2.63 bits per heavy atom. The summed E-state index contributed by atoms with van der Waals surface area (Å²) < 4.78 is 33.2. The highest BCUT2D eigenvalue weighted by Gasteiger charge is 2.39. The molecular formula is C24H28N6O4S. The first-order chi connectivity index (χ1) is 16.5. The van der Waals surface area contributed by atoms with Crippen LogP contribution in [0.2, 0.25) is 0 Å². The molecule has 3 N–H and O–H groups in total. The molecule has 4 heterocycles. The van der Waals surface area contributed by atoms with Gasteiger partial charge in [0.05, 0.1) is 18.4 Å². The molecule has 3 aromatic heterocycles. The van der Waals surface area contributed by atoms with Crippen LogP contribution in [0.15, 0.2) is 53.7 Å². The van der Waals surface area contributed by atoms with Crippen molar-refractivity contribution in [3.8, 4) is 17.1 Å². The van der Waals surface area contributed by atoms with Crippen LogP contribution in [-0.4, -0.2) is 48.5 Å². The van der Waals surface area contributed by atoms with Crippen LogP contribution >= 0.6 is 0 Å². The lowest BCUT2D eigenvalue weighted by atomic mass is 9.97. The number of anilines is 2. The molecule has 3 aromatic rings. The Labute approximate surface area is 204 Å². The maximum absolute atomic E-state index is 13.3. The van der Waals surface area contributed by atoms with Crippen LogP contribution in [0.5, 0.6) is 5.88 Å². The summed E-state index contributed by atoms with van der Waals surface area (Å²) in [5, 5.41) is 0. The molecule has 1 amide bonds. The van der Waals surface area contributed by atoms with Gasteiger partial charge in [0, 0.05) is 36.1 Å². The topological polar surface area (TPSA) is 140 Å². The lowest BCUT2D eigenvalue weighted by Crippen LogP contribution is -2.41. The van der Waals surface area contributed by atoms with Crippen LogP contribution in [0.25, 0.3) is 11.3 Å². The zero-order chi connectivity index (χ0) is 25.4. The van der Waals surface area contributed by atoms with Crippen LogP contribution < -0.4 is 20.1 Å². The van der Waals surface area contributed by atoms with Gasteiger partial charge in [-0.05, 0) is 56.5 Å². The molecule has 10 nitrogen and oxygen atoms in total. The number of sulfonamides is 1. The van der Waals surface area contributed by atoms with Gasteiger partial charge in [0.2, 0.25) is 5.88 Å². The average molecular weight is 497 g/mol. The number of aromatic nitrogens is 3. The lowest BCUT2D eigenvalue weighted by Gasteiger charge is -2.34. The van der Waals surface area contributed by atoms with E-state index in [-0.39, 0.29) is 21.8 Å². The second-order valence-corrected chi connectivity index (χ2v) is 10.9. The first kappa shape index (κ1) is 24.4.